The Morgan fingerprint density at radius 2 is 0.833 bits per heavy atom. The van der Waals surface area contributed by atoms with Crippen LogP contribution < -0.4 is 14.2 Å². The largest absolute Gasteiger partial charge is 0.741 e. The van der Waals surface area contributed by atoms with Crippen molar-refractivity contribution >= 4 is 21.0 Å². The van der Waals surface area contributed by atoms with Crippen LogP contribution in [0.5, 0.6) is 17.2 Å². The number of benzene rings is 3. The highest BCUT2D eigenvalue weighted by molar-refractivity contribution is 7.97. The molecule has 0 spiro atoms. The summed E-state index contributed by atoms with van der Waals surface area (Å²) in [5.74, 6) is 2.74. The number of halogens is 3. The minimum Gasteiger partial charge on any atom is -0.741 e. The van der Waals surface area contributed by atoms with Crippen LogP contribution in [-0.2, 0) is 21.0 Å². The summed E-state index contributed by atoms with van der Waals surface area (Å²) < 4.78 is 76.9. The molecule has 3 unspecified atom stereocenters. The molecule has 0 aliphatic carbocycles. The zero-order chi connectivity index (χ0) is 31.5. The van der Waals surface area contributed by atoms with Crippen molar-refractivity contribution in [2.45, 2.75) is 99.3 Å². The smallest absolute Gasteiger partial charge is 0.485 e. The zero-order valence-corrected chi connectivity index (χ0v) is 26.3. The molecule has 3 aromatic carbocycles. The summed E-state index contributed by atoms with van der Waals surface area (Å²) in [6.07, 6.45) is 3.59. The molecule has 0 radical (unpaired) electrons. The Hall–Kier alpha value is -2.89. The second kappa shape index (κ2) is 16.1. The average molecular weight is 629 g/mol. The molecular formula is C31H39F3O6S2. The summed E-state index contributed by atoms with van der Waals surface area (Å²) in [6.45, 7) is 12.7. The predicted octanol–water partition coefficient (Wildman–Crippen LogP) is 8.37. The zero-order valence-electron chi connectivity index (χ0n) is 24.7. The molecule has 0 heterocycles. The van der Waals surface area contributed by atoms with Gasteiger partial charge in [-0.2, -0.15) is 13.2 Å². The van der Waals surface area contributed by atoms with Gasteiger partial charge < -0.3 is 18.8 Å². The minimum atomic E-state index is -6.09. The van der Waals surface area contributed by atoms with Gasteiger partial charge in [0.1, 0.15) is 17.2 Å². The van der Waals surface area contributed by atoms with E-state index in [1.807, 2.05) is 0 Å². The Labute approximate surface area is 250 Å². The Bertz CT molecular complexity index is 1180. The molecule has 6 nitrogen and oxygen atoms in total. The summed E-state index contributed by atoms with van der Waals surface area (Å²) in [5, 5.41) is 0. The van der Waals surface area contributed by atoms with Gasteiger partial charge in [0.15, 0.2) is 24.8 Å². The number of hydrogen-bond donors (Lipinski definition) is 0. The molecule has 0 amide bonds. The van der Waals surface area contributed by atoms with Crippen molar-refractivity contribution in [2.75, 3.05) is 0 Å². The van der Waals surface area contributed by atoms with E-state index in [4.69, 9.17) is 27.2 Å². The van der Waals surface area contributed by atoms with E-state index in [1.165, 1.54) is 14.7 Å². The lowest BCUT2D eigenvalue weighted by Crippen LogP contribution is -2.21. The van der Waals surface area contributed by atoms with Crippen molar-refractivity contribution in [1.29, 1.82) is 0 Å². The van der Waals surface area contributed by atoms with Gasteiger partial charge >= 0.3 is 5.51 Å². The molecule has 11 heteroatoms. The van der Waals surface area contributed by atoms with Crippen LogP contribution in [0.25, 0.3) is 0 Å². The Morgan fingerprint density at radius 1 is 0.619 bits per heavy atom. The lowest BCUT2D eigenvalue weighted by Gasteiger charge is -2.15. The normalized spacial score (nSPS) is 14.5. The maximum atomic E-state index is 10.7. The Balaban J connectivity index is 0.000000675. The van der Waals surface area contributed by atoms with Gasteiger partial charge in [-0.1, -0.05) is 20.8 Å². The first-order chi connectivity index (χ1) is 19.7. The van der Waals surface area contributed by atoms with Gasteiger partial charge in [0.05, 0.1) is 29.2 Å². The van der Waals surface area contributed by atoms with E-state index in [1.54, 1.807) is 0 Å². The maximum absolute atomic E-state index is 10.7. The Morgan fingerprint density at radius 3 is 1.00 bits per heavy atom. The van der Waals surface area contributed by atoms with Crippen LogP contribution in [-0.4, -0.2) is 36.8 Å². The van der Waals surface area contributed by atoms with E-state index in [0.717, 1.165) is 36.5 Å². The first-order valence-corrected chi connectivity index (χ1v) is 16.4. The van der Waals surface area contributed by atoms with Gasteiger partial charge in [-0.15, -0.1) is 0 Å². The predicted molar refractivity (Wildman–Crippen MR) is 158 cm³/mol. The van der Waals surface area contributed by atoms with Gasteiger partial charge in [-0.05, 0) is 113 Å². The van der Waals surface area contributed by atoms with Gasteiger partial charge in [-0.25, -0.2) is 8.42 Å². The van der Waals surface area contributed by atoms with Crippen molar-refractivity contribution in [3.8, 4) is 17.2 Å². The van der Waals surface area contributed by atoms with Crippen LogP contribution >= 0.6 is 0 Å². The van der Waals surface area contributed by atoms with Gasteiger partial charge in [-0.3, -0.25) is 0 Å². The molecule has 0 aliphatic heterocycles. The maximum Gasteiger partial charge on any atom is 0.485 e. The third-order valence-electron chi connectivity index (χ3n) is 6.20. The molecular weight excluding hydrogens is 589 g/mol. The van der Waals surface area contributed by atoms with E-state index in [0.29, 0.717) is 0 Å². The summed E-state index contributed by atoms with van der Waals surface area (Å²) in [6, 6.07) is 25.6. The molecule has 0 saturated carbocycles. The number of hydrogen-bond acceptors (Lipinski definition) is 6. The van der Waals surface area contributed by atoms with E-state index in [9.17, 15) is 13.2 Å². The van der Waals surface area contributed by atoms with E-state index < -0.39 is 15.6 Å². The van der Waals surface area contributed by atoms with Crippen LogP contribution in [0.2, 0.25) is 0 Å². The minimum absolute atomic E-state index is 0.209. The highest BCUT2D eigenvalue weighted by Gasteiger charge is 2.37. The van der Waals surface area contributed by atoms with E-state index in [-0.39, 0.29) is 29.2 Å². The Kier molecular flexibility index (Phi) is 13.5. The van der Waals surface area contributed by atoms with Crippen LogP contribution in [0.4, 0.5) is 13.2 Å². The summed E-state index contributed by atoms with van der Waals surface area (Å²) in [7, 11) is -6.34. The molecule has 3 rings (SSSR count). The first kappa shape index (κ1) is 35.3. The van der Waals surface area contributed by atoms with Gasteiger partial charge in [0.25, 0.3) is 0 Å². The molecule has 3 atom stereocenters. The lowest BCUT2D eigenvalue weighted by atomic mass is 10.3. The molecule has 0 aliphatic rings. The molecule has 0 fully saturated rings. The highest BCUT2D eigenvalue weighted by atomic mass is 32.2. The monoisotopic (exact) mass is 628 g/mol. The van der Waals surface area contributed by atoms with Crippen LogP contribution in [0.1, 0.15) is 60.8 Å². The average Bonchev–Trinajstić information content (AvgIpc) is 2.95. The SMILES string of the molecule is CCC(C)Oc1ccc([S+](c2ccc(OC(C)CC)cc2)c2ccc(OC(C)CC)cc2)cc1.O=S(=O)([O-])C(F)(F)F. The lowest BCUT2D eigenvalue weighted by molar-refractivity contribution is -0.0517. The summed E-state index contributed by atoms with van der Waals surface area (Å²) in [5.41, 5.74) is -5.65. The van der Waals surface area contributed by atoms with Crippen molar-refractivity contribution in [1.82, 2.24) is 0 Å². The molecule has 0 aromatic heterocycles. The molecule has 42 heavy (non-hydrogen) atoms. The van der Waals surface area contributed by atoms with Crippen molar-refractivity contribution < 1.29 is 40.4 Å². The standard InChI is InChI=1S/C30H39O3S.CHF3O3S/c1-7-22(4)31-25-10-16-28(17-11-25)34(29-18-12-26(13-19-29)32-23(5)8-2)30-20-14-27(15-21-30)33-24(6)9-3;2-1(3,4)8(5,6)7/h10-24H,7-9H2,1-6H3;(H,5,6,7)/q+1;/p-1. The highest BCUT2D eigenvalue weighted by Crippen LogP contribution is 2.34. The summed E-state index contributed by atoms with van der Waals surface area (Å²) in [4.78, 5) is 3.76. The van der Waals surface area contributed by atoms with Crippen molar-refractivity contribution in [3.05, 3.63) is 72.8 Å². The quantitative estimate of drug-likeness (QED) is 0.114. The number of ether oxygens (including phenoxy) is 3. The van der Waals surface area contributed by atoms with Gasteiger partial charge in [0.2, 0.25) is 0 Å². The molecule has 3 aromatic rings. The fourth-order valence-corrected chi connectivity index (χ4v) is 5.36. The fourth-order valence-electron chi connectivity index (χ4n) is 3.32. The van der Waals surface area contributed by atoms with Crippen molar-refractivity contribution in [3.63, 3.8) is 0 Å². The van der Waals surface area contributed by atoms with Crippen LogP contribution in [0, 0.1) is 0 Å². The molecule has 0 saturated heterocycles. The van der Waals surface area contributed by atoms with Crippen LogP contribution in [0.3, 0.4) is 0 Å². The van der Waals surface area contributed by atoms with Gasteiger partial charge in [0, 0.05) is 0 Å². The second-order valence-electron chi connectivity index (χ2n) is 9.63. The number of alkyl halides is 3. The third kappa shape index (κ3) is 11.1. The fraction of sp³-hybridized carbons (Fsp3) is 0.419. The third-order valence-corrected chi connectivity index (χ3v) is 9.00. The van der Waals surface area contributed by atoms with Crippen molar-refractivity contribution in [2.24, 2.45) is 0 Å². The van der Waals surface area contributed by atoms with E-state index in [2.05, 4.69) is 114 Å². The van der Waals surface area contributed by atoms with Crippen LogP contribution in [0.15, 0.2) is 87.5 Å². The topological polar surface area (TPSA) is 84.9 Å². The molecule has 0 bridgehead atoms. The second-order valence-corrected chi connectivity index (χ2v) is 13.0. The summed E-state index contributed by atoms with van der Waals surface area (Å²) >= 11 is 0. The first-order valence-electron chi connectivity index (χ1n) is 13.7. The van der Waals surface area contributed by atoms with E-state index >= 15 is 0 Å². The molecule has 0 N–H and O–H groups in total. The molecule has 232 valence electrons. The number of rotatable bonds is 12.